The van der Waals surface area contributed by atoms with Crippen LogP contribution in [0.4, 0.5) is 11.4 Å². The number of thiophene rings is 1. The third-order valence-corrected chi connectivity index (χ3v) is 3.55. The molecule has 0 fully saturated rings. The summed E-state index contributed by atoms with van der Waals surface area (Å²) in [5.41, 5.74) is 6.86. The number of amides is 1. The average molecular weight is 272 g/mol. The van der Waals surface area contributed by atoms with Gasteiger partial charge in [0.25, 0.3) is 5.91 Å². The lowest BCUT2D eigenvalue weighted by atomic mass is 10.3. The molecule has 3 N–H and O–H groups in total. The highest BCUT2D eigenvalue weighted by Crippen LogP contribution is 2.31. The third-order valence-electron chi connectivity index (χ3n) is 2.45. The van der Waals surface area contributed by atoms with Crippen molar-refractivity contribution in [3.63, 3.8) is 0 Å². The molecule has 0 aliphatic rings. The van der Waals surface area contributed by atoms with Crippen molar-refractivity contribution in [2.75, 3.05) is 11.1 Å². The van der Waals surface area contributed by atoms with Gasteiger partial charge < -0.3 is 11.1 Å². The van der Waals surface area contributed by atoms with Crippen LogP contribution < -0.4 is 11.1 Å². The number of fused-ring (bicyclic) bond motifs is 1. The Hall–Kier alpha value is -2.61. The fourth-order valence-corrected chi connectivity index (χ4v) is 2.53. The number of aromatic nitrogens is 4. The summed E-state index contributed by atoms with van der Waals surface area (Å²) in [5, 5.41) is 11.1. The quantitative estimate of drug-likeness (QED) is 0.728. The fraction of sp³-hybridized carbons (Fsp3) is 0. The van der Waals surface area contributed by atoms with Crippen molar-refractivity contribution >= 4 is 38.8 Å². The van der Waals surface area contributed by atoms with Crippen molar-refractivity contribution in [3.05, 3.63) is 35.9 Å². The molecule has 0 aliphatic heterocycles. The lowest BCUT2D eigenvalue weighted by Gasteiger charge is -2.02. The van der Waals surface area contributed by atoms with E-state index >= 15 is 0 Å². The smallest absolute Gasteiger partial charge is 0.268 e. The Morgan fingerprint density at radius 1 is 1.32 bits per heavy atom. The minimum absolute atomic E-state index is 0.310. The molecule has 3 aromatic rings. The number of carbonyl (C=O) groups is 1. The maximum atomic E-state index is 12.1. The van der Waals surface area contributed by atoms with Crippen LogP contribution >= 0.6 is 11.3 Å². The van der Waals surface area contributed by atoms with Crippen molar-refractivity contribution in [2.24, 2.45) is 0 Å². The highest BCUT2D eigenvalue weighted by molar-refractivity contribution is 7.21. The van der Waals surface area contributed by atoms with Crippen LogP contribution in [0.25, 0.3) is 10.2 Å². The number of anilines is 2. The molecule has 0 radical (unpaired) electrons. The summed E-state index contributed by atoms with van der Waals surface area (Å²) < 4.78 is 0. The summed E-state index contributed by atoms with van der Waals surface area (Å²) in [7, 11) is 0. The molecule has 0 aliphatic carbocycles. The first-order valence-corrected chi connectivity index (χ1v) is 6.13. The molecule has 0 saturated carbocycles. The molecule has 0 unspecified atom stereocenters. The SMILES string of the molecule is Nc1c(C(=O)Nc2cncnc2)sc2nnccc12. The zero-order chi connectivity index (χ0) is 13.2. The van der Waals surface area contributed by atoms with Crippen molar-refractivity contribution in [1.29, 1.82) is 0 Å². The van der Waals surface area contributed by atoms with Gasteiger partial charge in [-0.15, -0.1) is 16.4 Å². The van der Waals surface area contributed by atoms with E-state index in [1.807, 2.05) is 0 Å². The lowest BCUT2D eigenvalue weighted by Crippen LogP contribution is -2.12. The van der Waals surface area contributed by atoms with Gasteiger partial charge in [0, 0.05) is 5.39 Å². The standard InChI is InChI=1S/C11H8N6OS/c12-8-7-1-2-15-17-11(7)19-9(8)10(18)16-6-3-13-5-14-4-6/h1-5H,12H2,(H,16,18). The van der Waals surface area contributed by atoms with E-state index in [0.717, 1.165) is 5.39 Å². The zero-order valence-electron chi connectivity index (χ0n) is 9.57. The zero-order valence-corrected chi connectivity index (χ0v) is 10.4. The van der Waals surface area contributed by atoms with E-state index in [2.05, 4.69) is 25.5 Å². The maximum Gasteiger partial charge on any atom is 0.268 e. The van der Waals surface area contributed by atoms with Crippen molar-refractivity contribution < 1.29 is 4.79 Å². The first kappa shape index (κ1) is 11.5. The van der Waals surface area contributed by atoms with Gasteiger partial charge in [-0.3, -0.25) is 4.79 Å². The van der Waals surface area contributed by atoms with Gasteiger partial charge in [-0.25, -0.2) is 9.97 Å². The lowest BCUT2D eigenvalue weighted by molar-refractivity contribution is 0.103. The van der Waals surface area contributed by atoms with Crippen LogP contribution in [0.5, 0.6) is 0 Å². The predicted molar refractivity (Wildman–Crippen MR) is 71.8 cm³/mol. The fourth-order valence-electron chi connectivity index (χ4n) is 1.59. The van der Waals surface area contributed by atoms with Crippen LogP contribution in [0.15, 0.2) is 31.0 Å². The molecule has 3 heterocycles. The second-order valence-corrected chi connectivity index (χ2v) is 4.68. The molecule has 8 heteroatoms. The second-order valence-electron chi connectivity index (χ2n) is 3.68. The number of rotatable bonds is 2. The molecule has 94 valence electrons. The number of carbonyl (C=O) groups excluding carboxylic acids is 1. The van der Waals surface area contributed by atoms with E-state index in [0.29, 0.717) is 21.1 Å². The van der Waals surface area contributed by atoms with Gasteiger partial charge >= 0.3 is 0 Å². The number of hydrogen-bond donors (Lipinski definition) is 2. The molecule has 0 spiro atoms. The summed E-state index contributed by atoms with van der Waals surface area (Å²) in [6, 6.07) is 1.73. The number of nitrogen functional groups attached to an aromatic ring is 1. The van der Waals surface area contributed by atoms with E-state index in [-0.39, 0.29) is 5.91 Å². The summed E-state index contributed by atoms with van der Waals surface area (Å²) in [5.74, 6) is -0.310. The molecule has 0 aromatic carbocycles. The first-order chi connectivity index (χ1) is 9.25. The predicted octanol–water partition coefficient (Wildman–Crippen LogP) is 1.32. The largest absolute Gasteiger partial charge is 0.397 e. The molecular formula is C11H8N6OS. The molecule has 7 nitrogen and oxygen atoms in total. The van der Waals surface area contributed by atoms with Crippen molar-refractivity contribution in [3.8, 4) is 0 Å². The summed E-state index contributed by atoms with van der Waals surface area (Å²) >= 11 is 1.20. The molecule has 0 saturated heterocycles. The number of hydrogen-bond acceptors (Lipinski definition) is 7. The maximum absolute atomic E-state index is 12.1. The molecule has 0 atom stereocenters. The van der Waals surface area contributed by atoms with E-state index in [1.165, 1.54) is 36.3 Å². The Kier molecular flexibility index (Phi) is 2.76. The van der Waals surface area contributed by atoms with Gasteiger partial charge in [0.1, 0.15) is 16.0 Å². The van der Waals surface area contributed by atoms with E-state index in [9.17, 15) is 4.79 Å². The molecule has 3 rings (SSSR count). The molecule has 3 aromatic heterocycles. The highest BCUT2D eigenvalue weighted by atomic mass is 32.1. The normalized spacial score (nSPS) is 10.5. The number of nitrogens with zero attached hydrogens (tertiary/aromatic N) is 4. The Morgan fingerprint density at radius 2 is 2.11 bits per heavy atom. The Balaban J connectivity index is 1.96. The molecule has 1 amide bonds. The number of nitrogens with two attached hydrogens (primary N) is 1. The van der Waals surface area contributed by atoms with Crippen LogP contribution in [0, 0.1) is 0 Å². The van der Waals surface area contributed by atoms with E-state index < -0.39 is 0 Å². The average Bonchev–Trinajstić information content (AvgIpc) is 2.78. The van der Waals surface area contributed by atoms with Crippen LogP contribution in [0.2, 0.25) is 0 Å². The minimum Gasteiger partial charge on any atom is -0.397 e. The summed E-state index contributed by atoms with van der Waals surface area (Å²) in [6.45, 7) is 0. The van der Waals surface area contributed by atoms with Crippen LogP contribution in [0.1, 0.15) is 9.67 Å². The summed E-state index contributed by atoms with van der Waals surface area (Å²) in [4.78, 5) is 20.8. The Morgan fingerprint density at radius 3 is 2.84 bits per heavy atom. The highest BCUT2D eigenvalue weighted by Gasteiger charge is 2.17. The number of nitrogens with one attached hydrogen (secondary N) is 1. The third kappa shape index (κ3) is 2.08. The molecule has 0 bridgehead atoms. The first-order valence-electron chi connectivity index (χ1n) is 5.32. The van der Waals surface area contributed by atoms with Crippen LogP contribution in [0.3, 0.4) is 0 Å². The monoisotopic (exact) mass is 272 g/mol. The topological polar surface area (TPSA) is 107 Å². The van der Waals surface area contributed by atoms with Crippen LogP contribution in [-0.2, 0) is 0 Å². The minimum atomic E-state index is -0.310. The van der Waals surface area contributed by atoms with Crippen molar-refractivity contribution in [1.82, 2.24) is 20.2 Å². The van der Waals surface area contributed by atoms with Gasteiger partial charge in [0.15, 0.2) is 0 Å². The van der Waals surface area contributed by atoms with Gasteiger partial charge in [0.05, 0.1) is 30.0 Å². The van der Waals surface area contributed by atoms with Gasteiger partial charge in [0.2, 0.25) is 0 Å². The molecule has 19 heavy (non-hydrogen) atoms. The van der Waals surface area contributed by atoms with E-state index in [4.69, 9.17) is 5.73 Å². The second kappa shape index (κ2) is 4.58. The van der Waals surface area contributed by atoms with Gasteiger partial charge in [-0.05, 0) is 6.07 Å². The van der Waals surface area contributed by atoms with Gasteiger partial charge in [-0.2, -0.15) is 5.10 Å². The van der Waals surface area contributed by atoms with Gasteiger partial charge in [-0.1, -0.05) is 0 Å². The Labute approximate surface area is 111 Å². The van der Waals surface area contributed by atoms with Crippen LogP contribution in [-0.4, -0.2) is 26.1 Å². The molecular weight excluding hydrogens is 264 g/mol. The van der Waals surface area contributed by atoms with E-state index in [1.54, 1.807) is 6.07 Å². The van der Waals surface area contributed by atoms with Crippen molar-refractivity contribution in [2.45, 2.75) is 0 Å². The summed E-state index contributed by atoms with van der Waals surface area (Å²) in [6.07, 6.45) is 5.94. The Bertz CT molecular complexity index is 741.